The summed E-state index contributed by atoms with van der Waals surface area (Å²) in [6, 6.07) is 39.8. The molecule has 0 spiro atoms. The van der Waals surface area contributed by atoms with Gasteiger partial charge in [0.05, 0.1) is 0 Å². The Kier molecular flexibility index (Phi) is 5.63. The largest absolute Gasteiger partial charge is 0.393 e. The molecular weight excluding hydrogens is 418 g/mol. The van der Waals surface area contributed by atoms with E-state index in [2.05, 4.69) is 90.3 Å². The van der Waals surface area contributed by atoms with E-state index >= 15 is 0 Å². The fourth-order valence-electron chi connectivity index (χ4n) is 4.95. The van der Waals surface area contributed by atoms with Crippen LogP contribution in [0.15, 0.2) is 127 Å². The van der Waals surface area contributed by atoms with Gasteiger partial charge in [0.15, 0.2) is 13.9 Å². The molecule has 1 aliphatic carbocycles. The third kappa shape index (κ3) is 3.47. The number of carbonyl (C=O) groups is 1. The summed E-state index contributed by atoms with van der Waals surface area (Å²) in [7, 11) is -1.04. The lowest BCUT2D eigenvalue weighted by atomic mass is 9.92. The summed E-state index contributed by atoms with van der Waals surface area (Å²) >= 11 is 0. The van der Waals surface area contributed by atoms with E-state index in [1.165, 1.54) is 15.6 Å². The van der Waals surface area contributed by atoms with Crippen LogP contribution in [0.25, 0.3) is 11.6 Å². The lowest BCUT2D eigenvalue weighted by Crippen LogP contribution is -2.70. The van der Waals surface area contributed by atoms with Crippen LogP contribution in [0.5, 0.6) is 0 Å². The highest BCUT2D eigenvalue weighted by atomic mass is 28.3. The second-order valence-corrected chi connectivity index (χ2v) is 11.9. The van der Waals surface area contributed by atoms with Gasteiger partial charge in [-0.25, -0.2) is 0 Å². The summed E-state index contributed by atoms with van der Waals surface area (Å²) < 4.78 is 0. The highest BCUT2D eigenvalue weighted by Crippen LogP contribution is 2.34. The zero-order valence-corrected chi connectivity index (χ0v) is 19.5. The molecule has 33 heavy (non-hydrogen) atoms. The molecule has 0 saturated carbocycles. The van der Waals surface area contributed by atoms with Crippen molar-refractivity contribution in [3.8, 4) is 0 Å². The summed E-state index contributed by atoms with van der Waals surface area (Å²) in [4.78, 5) is 14.3. The van der Waals surface area contributed by atoms with Crippen LogP contribution in [-0.2, 0) is 4.79 Å². The first-order valence-electron chi connectivity index (χ1n) is 11.2. The molecule has 4 aromatic carbocycles. The zero-order valence-electron chi connectivity index (χ0n) is 18.5. The van der Waals surface area contributed by atoms with Crippen molar-refractivity contribution < 1.29 is 4.79 Å². The van der Waals surface area contributed by atoms with Crippen molar-refractivity contribution in [3.05, 3.63) is 138 Å². The van der Waals surface area contributed by atoms with Crippen LogP contribution in [0, 0.1) is 0 Å². The maximum absolute atomic E-state index is 14.3. The van der Waals surface area contributed by atoms with Crippen LogP contribution >= 0.6 is 0 Å². The number of Topliss-reactive ketones (excluding diaryl/α,β-unsaturated/α-hetero) is 1. The molecule has 3 heteroatoms. The Morgan fingerprint density at radius 2 is 1.09 bits per heavy atom. The monoisotopic (exact) mass is 443 g/mol. The maximum Gasteiger partial charge on any atom is 0.188 e. The Morgan fingerprint density at radius 1 is 0.636 bits per heavy atom. The van der Waals surface area contributed by atoms with E-state index in [4.69, 9.17) is 0 Å². The number of allylic oxidation sites excluding steroid dienone is 2. The van der Waals surface area contributed by atoms with Gasteiger partial charge in [0.1, 0.15) is 0 Å². The molecule has 1 N–H and O–H groups in total. The Balaban J connectivity index is 1.93. The number of fused-ring (bicyclic) bond motifs is 1. The summed E-state index contributed by atoms with van der Waals surface area (Å²) in [5.41, 5.74) is 2.76. The standard InChI is InChI=1S/C30H25NOSi/c1-31-22-28-27-20-12-11-13-23(27)21-29(30(28)32)33(24-14-5-2-6-15-24,25-16-7-3-8-17-25)26-18-9-4-10-19-26/h2-22,31H,1H3/b28-22-. The number of hydrogen-bond donors (Lipinski definition) is 1. The summed E-state index contributed by atoms with van der Waals surface area (Å²) in [5, 5.41) is 7.58. The molecule has 0 saturated heterocycles. The molecular formula is C30H25NOSi. The fourth-order valence-corrected chi connectivity index (χ4v) is 9.81. The number of hydrogen-bond acceptors (Lipinski definition) is 2. The molecule has 0 heterocycles. The minimum Gasteiger partial charge on any atom is -0.393 e. The van der Waals surface area contributed by atoms with Gasteiger partial charge >= 0.3 is 0 Å². The van der Waals surface area contributed by atoms with Gasteiger partial charge in [-0.3, -0.25) is 4.79 Å². The highest BCUT2D eigenvalue weighted by molar-refractivity contribution is 7.19. The molecule has 0 aliphatic heterocycles. The van der Waals surface area contributed by atoms with Crippen molar-refractivity contribution >= 4 is 41.1 Å². The van der Waals surface area contributed by atoms with Crippen LogP contribution < -0.4 is 20.9 Å². The van der Waals surface area contributed by atoms with E-state index < -0.39 is 8.07 Å². The Hall–Kier alpha value is -3.95. The third-order valence-corrected chi connectivity index (χ3v) is 11.1. The van der Waals surface area contributed by atoms with E-state index in [-0.39, 0.29) is 5.78 Å². The van der Waals surface area contributed by atoms with Crippen LogP contribution in [0.1, 0.15) is 11.1 Å². The fraction of sp³-hybridized carbons (Fsp3) is 0.0333. The number of carbonyl (C=O) groups excluding carboxylic acids is 1. The van der Waals surface area contributed by atoms with Crippen LogP contribution in [-0.4, -0.2) is 20.9 Å². The van der Waals surface area contributed by atoms with Crippen molar-refractivity contribution in [2.24, 2.45) is 0 Å². The van der Waals surface area contributed by atoms with Crippen molar-refractivity contribution in [2.45, 2.75) is 0 Å². The first-order valence-corrected chi connectivity index (χ1v) is 13.2. The van der Waals surface area contributed by atoms with E-state index in [0.29, 0.717) is 5.57 Å². The second-order valence-electron chi connectivity index (χ2n) is 8.17. The Morgan fingerprint density at radius 3 is 1.58 bits per heavy atom. The lowest BCUT2D eigenvalue weighted by molar-refractivity contribution is -0.110. The number of benzene rings is 4. The van der Waals surface area contributed by atoms with Crippen LogP contribution in [0.2, 0.25) is 0 Å². The molecule has 0 fully saturated rings. The summed E-state index contributed by atoms with van der Waals surface area (Å²) in [6.45, 7) is 0. The van der Waals surface area contributed by atoms with E-state index in [1.807, 2.05) is 49.6 Å². The van der Waals surface area contributed by atoms with E-state index in [9.17, 15) is 4.79 Å². The molecule has 5 rings (SSSR count). The molecule has 160 valence electrons. The van der Waals surface area contributed by atoms with Crippen molar-refractivity contribution in [3.63, 3.8) is 0 Å². The number of rotatable bonds is 5. The van der Waals surface area contributed by atoms with Gasteiger partial charge in [0.25, 0.3) is 0 Å². The SMILES string of the molecule is CN/C=C1\C(=O)C([Si](c2ccccc2)(c2ccccc2)c2ccccc2)=Cc2ccccc21. The van der Waals surface area contributed by atoms with Gasteiger partial charge in [-0.2, -0.15) is 0 Å². The van der Waals surface area contributed by atoms with Gasteiger partial charge in [-0.05, 0) is 26.7 Å². The van der Waals surface area contributed by atoms with Crippen molar-refractivity contribution in [1.82, 2.24) is 5.32 Å². The molecule has 0 radical (unpaired) electrons. The molecule has 0 unspecified atom stereocenters. The molecule has 1 aliphatic rings. The quantitative estimate of drug-likeness (QED) is 0.288. The number of nitrogens with one attached hydrogen (secondary N) is 1. The van der Waals surface area contributed by atoms with Crippen molar-refractivity contribution in [2.75, 3.05) is 7.05 Å². The maximum atomic E-state index is 14.3. The van der Waals surface area contributed by atoms with Gasteiger partial charge in [-0.15, -0.1) is 0 Å². The molecule has 0 atom stereocenters. The van der Waals surface area contributed by atoms with Crippen molar-refractivity contribution in [1.29, 1.82) is 0 Å². The van der Waals surface area contributed by atoms with Crippen LogP contribution in [0.4, 0.5) is 0 Å². The first kappa shape index (κ1) is 20.9. The average molecular weight is 444 g/mol. The van der Waals surface area contributed by atoms with Gasteiger partial charge < -0.3 is 5.32 Å². The van der Waals surface area contributed by atoms with E-state index in [0.717, 1.165) is 16.3 Å². The van der Waals surface area contributed by atoms with Gasteiger partial charge in [-0.1, -0.05) is 121 Å². The second kappa shape index (κ2) is 8.89. The topological polar surface area (TPSA) is 29.1 Å². The Labute approximate surface area is 195 Å². The van der Waals surface area contributed by atoms with Gasteiger partial charge in [0, 0.05) is 24.0 Å². The minimum absolute atomic E-state index is 0.0891. The summed E-state index contributed by atoms with van der Waals surface area (Å²) in [5.74, 6) is 0.0891. The average Bonchev–Trinajstić information content (AvgIpc) is 2.89. The normalized spacial score (nSPS) is 14.5. The zero-order chi connectivity index (χ0) is 22.7. The predicted molar refractivity (Wildman–Crippen MR) is 140 cm³/mol. The molecule has 2 nitrogen and oxygen atoms in total. The number of ketones is 1. The molecule has 0 bridgehead atoms. The molecule has 4 aromatic rings. The smallest absolute Gasteiger partial charge is 0.188 e. The van der Waals surface area contributed by atoms with Gasteiger partial charge in [0.2, 0.25) is 0 Å². The van der Waals surface area contributed by atoms with E-state index in [1.54, 1.807) is 0 Å². The first-order chi connectivity index (χ1) is 16.3. The third-order valence-electron chi connectivity index (χ3n) is 6.35. The Bertz CT molecular complexity index is 1250. The summed E-state index contributed by atoms with van der Waals surface area (Å²) in [6.07, 6.45) is 3.98. The predicted octanol–water partition coefficient (Wildman–Crippen LogP) is 3.92. The highest BCUT2D eigenvalue weighted by Gasteiger charge is 2.47. The minimum atomic E-state index is -2.88. The molecule has 0 amide bonds. The lowest BCUT2D eigenvalue weighted by Gasteiger charge is -2.37. The molecule has 0 aromatic heterocycles. The van der Waals surface area contributed by atoms with Crippen LogP contribution in [0.3, 0.4) is 0 Å².